The van der Waals surface area contributed by atoms with Crippen molar-refractivity contribution in [3.05, 3.63) is 48.5 Å². The number of unbranched alkanes of at least 4 members (excludes halogenated alkanes) is 6. The minimum Gasteiger partial charge on any atom is -0.0774 e. The number of hydrogen-bond acceptors (Lipinski definition) is 0. The van der Waals surface area contributed by atoms with E-state index in [2.05, 4.69) is 69.2 Å². The van der Waals surface area contributed by atoms with E-state index >= 15 is 0 Å². The lowest BCUT2D eigenvalue weighted by molar-refractivity contribution is 0.602. The fourth-order valence-electron chi connectivity index (χ4n) is 3.44. The van der Waals surface area contributed by atoms with Crippen molar-refractivity contribution in [3.8, 4) is 11.1 Å². The smallest absolute Gasteiger partial charge is 0.0774 e. The van der Waals surface area contributed by atoms with Gasteiger partial charge in [-0.25, -0.2) is 0 Å². The Kier molecular flexibility index (Phi) is 7.45. The SMILES string of the molecule is CB1c2ccccc2-c2ccccc21.CCCCCCCCC. The largest absolute Gasteiger partial charge is 0.207 e. The summed E-state index contributed by atoms with van der Waals surface area (Å²) in [4.78, 5) is 0. The van der Waals surface area contributed by atoms with Crippen LogP contribution >= 0.6 is 0 Å². The topological polar surface area (TPSA) is 0 Å². The van der Waals surface area contributed by atoms with E-state index in [0.717, 1.165) is 0 Å². The van der Waals surface area contributed by atoms with Crippen molar-refractivity contribution in [2.75, 3.05) is 0 Å². The summed E-state index contributed by atoms with van der Waals surface area (Å²) >= 11 is 0. The average Bonchev–Trinajstić information content (AvgIpc) is 2.89. The second kappa shape index (κ2) is 9.60. The molecule has 122 valence electrons. The fraction of sp³-hybridized carbons (Fsp3) is 0.455. The van der Waals surface area contributed by atoms with Crippen LogP contribution in [0.4, 0.5) is 0 Å². The van der Waals surface area contributed by atoms with Crippen LogP contribution in [0, 0.1) is 0 Å². The Morgan fingerprint density at radius 3 is 1.43 bits per heavy atom. The Balaban J connectivity index is 0.000000188. The number of benzene rings is 2. The predicted octanol–water partition coefficient (Wildman–Crippen LogP) is 5.66. The molecule has 0 nitrogen and oxygen atoms in total. The van der Waals surface area contributed by atoms with E-state index in [1.807, 2.05) is 0 Å². The van der Waals surface area contributed by atoms with Crippen molar-refractivity contribution in [2.45, 2.75) is 65.6 Å². The Morgan fingerprint density at radius 2 is 1.00 bits per heavy atom. The van der Waals surface area contributed by atoms with Gasteiger partial charge in [0.05, 0.1) is 0 Å². The fourth-order valence-corrected chi connectivity index (χ4v) is 3.44. The van der Waals surface area contributed by atoms with E-state index in [1.54, 1.807) is 0 Å². The molecule has 0 bridgehead atoms. The molecule has 0 radical (unpaired) electrons. The first-order valence-electron chi connectivity index (χ1n) is 9.47. The molecule has 3 rings (SSSR count). The van der Waals surface area contributed by atoms with Crippen LogP contribution in [-0.2, 0) is 0 Å². The third-order valence-corrected chi connectivity index (χ3v) is 4.85. The van der Waals surface area contributed by atoms with Crippen molar-refractivity contribution in [3.63, 3.8) is 0 Å². The minimum absolute atomic E-state index is 0.558. The van der Waals surface area contributed by atoms with Gasteiger partial charge in [-0.05, 0) is 11.1 Å². The summed E-state index contributed by atoms with van der Waals surface area (Å²) in [6.07, 6.45) is 9.97. The van der Waals surface area contributed by atoms with Crippen LogP contribution in [0.2, 0.25) is 6.82 Å². The predicted molar refractivity (Wildman–Crippen MR) is 106 cm³/mol. The Hall–Kier alpha value is -1.50. The van der Waals surface area contributed by atoms with E-state index in [0.29, 0.717) is 6.71 Å². The molecule has 0 spiro atoms. The highest BCUT2D eigenvalue weighted by Crippen LogP contribution is 2.21. The first-order valence-corrected chi connectivity index (χ1v) is 9.47. The summed E-state index contributed by atoms with van der Waals surface area (Å²) < 4.78 is 0. The highest BCUT2D eigenvalue weighted by atomic mass is 14.1. The molecule has 0 saturated carbocycles. The third kappa shape index (κ3) is 4.74. The van der Waals surface area contributed by atoms with Crippen LogP contribution in [0.5, 0.6) is 0 Å². The lowest BCUT2D eigenvalue weighted by atomic mass is 9.45. The lowest BCUT2D eigenvalue weighted by Gasteiger charge is -2.00. The molecule has 0 saturated heterocycles. The summed E-state index contributed by atoms with van der Waals surface area (Å²) in [7, 11) is 0. The highest BCUT2D eigenvalue weighted by Gasteiger charge is 2.26. The molecule has 2 aromatic rings. The van der Waals surface area contributed by atoms with Crippen molar-refractivity contribution in [1.82, 2.24) is 0 Å². The zero-order valence-electron chi connectivity index (χ0n) is 15.1. The molecular formula is C22H31B. The molecule has 0 amide bonds. The van der Waals surface area contributed by atoms with E-state index in [-0.39, 0.29) is 0 Å². The zero-order chi connectivity index (χ0) is 16.5. The molecule has 0 aliphatic carbocycles. The number of fused-ring (bicyclic) bond motifs is 3. The molecule has 0 atom stereocenters. The lowest BCUT2D eigenvalue weighted by Crippen LogP contribution is -2.34. The zero-order valence-corrected chi connectivity index (χ0v) is 15.1. The van der Waals surface area contributed by atoms with E-state index in [4.69, 9.17) is 0 Å². The molecule has 1 aliphatic heterocycles. The Bertz CT molecular complexity index is 537. The summed E-state index contributed by atoms with van der Waals surface area (Å²) in [5.41, 5.74) is 5.76. The molecule has 0 unspecified atom stereocenters. The van der Waals surface area contributed by atoms with Crippen LogP contribution in [0.3, 0.4) is 0 Å². The van der Waals surface area contributed by atoms with Gasteiger partial charge < -0.3 is 0 Å². The molecule has 23 heavy (non-hydrogen) atoms. The first kappa shape index (κ1) is 17.9. The summed E-state index contributed by atoms with van der Waals surface area (Å²) in [6.45, 7) is 7.37. The van der Waals surface area contributed by atoms with Gasteiger partial charge in [-0.1, -0.05) is 125 Å². The van der Waals surface area contributed by atoms with Gasteiger partial charge in [-0.15, -0.1) is 0 Å². The third-order valence-electron chi connectivity index (χ3n) is 4.85. The number of rotatable bonds is 6. The maximum atomic E-state index is 2.28. The van der Waals surface area contributed by atoms with Crippen LogP contribution in [0.1, 0.15) is 58.8 Å². The summed E-state index contributed by atoms with van der Waals surface area (Å²) in [5, 5.41) is 0. The van der Waals surface area contributed by atoms with Gasteiger partial charge in [-0.2, -0.15) is 0 Å². The quantitative estimate of drug-likeness (QED) is 0.477. The van der Waals surface area contributed by atoms with E-state index in [9.17, 15) is 0 Å². The maximum Gasteiger partial charge on any atom is 0.207 e. The van der Waals surface area contributed by atoms with Crippen LogP contribution < -0.4 is 10.9 Å². The average molecular weight is 306 g/mol. The monoisotopic (exact) mass is 306 g/mol. The second-order valence-corrected chi connectivity index (χ2v) is 6.66. The second-order valence-electron chi connectivity index (χ2n) is 6.66. The van der Waals surface area contributed by atoms with Gasteiger partial charge in [0.1, 0.15) is 0 Å². The summed E-state index contributed by atoms with van der Waals surface area (Å²) in [6, 6.07) is 17.4. The maximum absolute atomic E-state index is 2.28. The highest BCUT2D eigenvalue weighted by molar-refractivity contribution is 6.88. The van der Waals surface area contributed by atoms with Crippen LogP contribution in [0.15, 0.2) is 48.5 Å². The van der Waals surface area contributed by atoms with Crippen molar-refractivity contribution >= 4 is 17.6 Å². The van der Waals surface area contributed by atoms with Crippen LogP contribution in [-0.4, -0.2) is 6.71 Å². The van der Waals surface area contributed by atoms with Crippen molar-refractivity contribution in [1.29, 1.82) is 0 Å². The minimum atomic E-state index is 0.558. The first-order chi connectivity index (χ1) is 11.3. The van der Waals surface area contributed by atoms with Gasteiger partial charge in [0.25, 0.3) is 0 Å². The summed E-state index contributed by atoms with van der Waals surface area (Å²) in [5.74, 6) is 0. The van der Waals surface area contributed by atoms with E-state index < -0.39 is 0 Å². The Morgan fingerprint density at radius 1 is 0.609 bits per heavy atom. The molecule has 0 fully saturated rings. The number of hydrogen-bond donors (Lipinski definition) is 0. The van der Waals surface area contributed by atoms with E-state index in [1.165, 1.54) is 67.0 Å². The molecule has 0 N–H and O–H groups in total. The molecule has 0 aromatic heterocycles. The molecule has 2 aromatic carbocycles. The van der Waals surface area contributed by atoms with Gasteiger partial charge in [0.2, 0.25) is 6.71 Å². The van der Waals surface area contributed by atoms with Gasteiger partial charge in [-0.3, -0.25) is 0 Å². The van der Waals surface area contributed by atoms with Gasteiger partial charge in [0, 0.05) is 0 Å². The molecular weight excluding hydrogens is 275 g/mol. The normalized spacial score (nSPS) is 11.5. The van der Waals surface area contributed by atoms with Gasteiger partial charge in [0.15, 0.2) is 0 Å². The van der Waals surface area contributed by atoms with Crippen LogP contribution in [0.25, 0.3) is 11.1 Å². The Labute approximate surface area is 143 Å². The van der Waals surface area contributed by atoms with Crippen molar-refractivity contribution in [2.24, 2.45) is 0 Å². The molecule has 1 heteroatoms. The van der Waals surface area contributed by atoms with Gasteiger partial charge >= 0.3 is 0 Å². The molecule has 1 aliphatic rings. The van der Waals surface area contributed by atoms with Crippen molar-refractivity contribution < 1.29 is 0 Å². The molecule has 1 heterocycles. The standard InChI is InChI=1S/C13H11B.C9H20/c1-14-12-8-4-2-6-10(12)11-7-3-5-9-13(11)14;1-3-5-7-9-8-6-4-2/h2-9H,1H3;3-9H2,1-2H3.